The van der Waals surface area contributed by atoms with Crippen molar-refractivity contribution in [1.82, 2.24) is 4.90 Å². The third-order valence-corrected chi connectivity index (χ3v) is 8.08. The van der Waals surface area contributed by atoms with E-state index in [4.69, 9.17) is 22.1 Å². The van der Waals surface area contributed by atoms with E-state index in [9.17, 15) is 13.2 Å². The predicted molar refractivity (Wildman–Crippen MR) is 139 cm³/mol. The minimum Gasteiger partial charge on any atom is -0.375 e. The summed E-state index contributed by atoms with van der Waals surface area (Å²) in [6, 6.07) is 14.9. The van der Waals surface area contributed by atoms with Crippen molar-refractivity contribution in [3.63, 3.8) is 0 Å². The highest BCUT2D eigenvalue weighted by atomic mass is 35.5. The van der Waals surface area contributed by atoms with Crippen molar-refractivity contribution in [1.29, 1.82) is 0 Å². The van der Waals surface area contributed by atoms with Gasteiger partial charge in [-0.3, -0.25) is 4.79 Å². The van der Waals surface area contributed by atoms with Crippen LogP contribution in [-0.2, 0) is 31.2 Å². The van der Waals surface area contributed by atoms with Crippen LogP contribution < -0.4 is 5.73 Å². The van der Waals surface area contributed by atoms with Crippen molar-refractivity contribution in [3.05, 3.63) is 64.7 Å². The fourth-order valence-electron chi connectivity index (χ4n) is 4.79. The molecule has 9 heteroatoms. The quantitative estimate of drug-likeness (QED) is 0.530. The van der Waals surface area contributed by atoms with Crippen LogP contribution in [0.15, 0.2) is 53.4 Å². The molecule has 1 aliphatic rings. The molecule has 1 saturated carbocycles. The lowest BCUT2D eigenvalue weighted by Crippen LogP contribution is -2.49. The minimum absolute atomic E-state index is 0. The van der Waals surface area contributed by atoms with Crippen molar-refractivity contribution >= 4 is 39.8 Å². The Balaban J connectivity index is 0.00000408. The lowest BCUT2D eigenvalue weighted by atomic mass is 9.68. The molecule has 2 aromatic carbocycles. The third-order valence-electron chi connectivity index (χ3n) is 6.74. The Bertz CT molecular complexity index is 1070. The number of sulfone groups is 1. The molecule has 0 atom stereocenters. The van der Waals surface area contributed by atoms with Gasteiger partial charge in [-0.2, -0.15) is 0 Å². The van der Waals surface area contributed by atoms with Crippen molar-refractivity contribution in [2.45, 2.75) is 48.5 Å². The summed E-state index contributed by atoms with van der Waals surface area (Å²) in [6.45, 7) is 1.06. The van der Waals surface area contributed by atoms with Crippen LogP contribution >= 0.6 is 24.0 Å². The molecular formula is C25H34Cl2N2O4S. The molecule has 0 bridgehead atoms. The highest BCUT2D eigenvalue weighted by molar-refractivity contribution is 7.90. The topological polar surface area (TPSA) is 89.7 Å². The van der Waals surface area contributed by atoms with E-state index in [0.29, 0.717) is 29.4 Å². The molecule has 1 aliphatic carbocycles. The molecule has 2 N–H and O–H groups in total. The van der Waals surface area contributed by atoms with Crippen LogP contribution in [0.25, 0.3) is 0 Å². The predicted octanol–water partition coefficient (Wildman–Crippen LogP) is 4.02. The Hall–Kier alpha value is -1.64. The zero-order valence-electron chi connectivity index (χ0n) is 19.7. The Morgan fingerprint density at radius 3 is 2.44 bits per heavy atom. The van der Waals surface area contributed by atoms with Gasteiger partial charge < -0.3 is 15.4 Å². The first-order chi connectivity index (χ1) is 15.7. The Kier molecular flexibility index (Phi) is 10.4. The van der Waals surface area contributed by atoms with Crippen LogP contribution in [0.2, 0.25) is 5.02 Å². The monoisotopic (exact) mass is 528 g/mol. The Morgan fingerprint density at radius 1 is 1.18 bits per heavy atom. The maximum Gasteiger partial charge on any atom is 0.248 e. The molecule has 6 nitrogen and oxygen atoms in total. The maximum absolute atomic E-state index is 12.9. The molecule has 34 heavy (non-hydrogen) atoms. The zero-order valence-corrected chi connectivity index (χ0v) is 22.1. The normalized spacial score (nSPS) is 20.4. The van der Waals surface area contributed by atoms with Crippen LogP contribution in [0, 0.1) is 0 Å². The van der Waals surface area contributed by atoms with Gasteiger partial charge in [-0.05, 0) is 67.5 Å². The first kappa shape index (κ1) is 28.6. The number of carbonyl (C=O) groups excluding carboxylic acids is 1. The van der Waals surface area contributed by atoms with Crippen LogP contribution in [0.1, 0.15) is 36.8 Å². The second-order valence-corrected chi connectivity index (χ2v) is 11.4. The Labute approximate surface area is 214 Å². The third kappa shape index (κ3) is 6.95. The van der Waals surface area contributed by atoms with Crippen molar-refractivity contribution in [3.8, 4) is 0 Å². The number of methoxy groups -OCH3 is 1. The average molecular weight is 530 g/mol. The number of carbonyl (C=O) groups is 1. The van der Waals surface area contributed by atoms with Crippen molar-refractivity contribution < 1.29 is 17.9 Å². The first-order valence-corrected chi connectivity index (χ1v) is 13.5. The highest BCUT2D eigenvalue weighted by Gasteiger charge is 2.38. The van der Waals surface area contributed by atoms with Gasteiger partial charge in [-0.25, -0.2) is 8.42 Å². The van der Waals surface area contributed by atoms with Gasteiger partial charge >= 0.3 is 0 Å². The molecule has 0 spiro atoms. The van der Waals surface area contributed by atoms with Gasteiger partial charge in [0.05, 0.1) is 4.90 Å². The first-order valence-electron chi connectivity index (χ1n) is 11.2. The molecule has 1 amide bonds. The summed E-state index contributed by atoms with van der Waals surface area (Å²) in [5, 5.41) is 0.704. The van der Waals surface area contributed by atoms with Gasteiger partial charge in [0.2, 0.25) is 5.91 Å². The molecule has 188 valence electrons. The molecule has 2 aromatic rings. The molecule has 0 saturated heterocycles. The van der Waals surface area contributed by atoms with Crippen molar-refractivity contribution in [2.75, 3.05) is 33.1 Å². The van der Waals surface area contributed by atoms with Gasteiger partial charge in [-0.1, -0.05) is 35.9 Å². The molecule has 0 radical (unpaired) electrons. The number of hydrogen-bond acceptors (Lipinski definition) is 5. The number of amides is 1. The summed E-state index contributed by atoms with van der Waals surface area (Å²) in [4.78, 5) is 15.1. The number of ether oxygens (including phenoxy) is 1. The Morgan fingerprint density at radius 2 is 1.85 bits per heavy atom. The van der Waals surface area contributed by atoms with Gasteiger partial charge in [0, 0.05) is 42.9 Å². The second-order valence-electron chi connectivity index (χ2n) is 8.92. The van der Waals surface area contributed by atoms with E-state index in [-0.39, 0.29) is 36.4 Å². The fraction of sp³-hybridized carbons (Fsp3) is 0.480. The number of hydrogen-bond donors (Lipinski definition) is 1. The molecular weight excluding hydrogens is 495 g/mol. The number of benzene rings is 2. The summed E-state index contributed by atoms with van der Waals surface area (Å²) >= 11 is 6.23. The lowest BCUT2D eigenvalue weighted by molar-refractivity contribution is -0.138. The van der Waals surface area contributed by atoms with Crippen LogP contribution in [-0.4, -0.2) is 58.3 Å². The van der Waals surface area contributed by atoms with Crippen LogP contribution in [0.4, 0.5) is 0 Å². The maximum atomic E-state index is 12.9. The molecule has 1 fully saturated rings. The van der Waals surface area contributed by atoms with E-state index >= 15 is 0 Å². The minimum atomic E-state index is -3.28. The molecule has 3 rings (SSSR count). The number of rotatable bonds is 9. The van der Waals surface area contributed by atoms with Gasteiger partial charge in [-0.15, -0.1) is 12.4 Å². The molecule has 0 aromatic heterocycles. The fourth-order valence-corrected chi connectivity index (χ4v) is 5.68. The smallest absolute Gasteiger partial charge is 0.248 e. The van der Waals surface area contributed by atoms with E-state index in [1.807, 2.05) is 29.2 Å². The summed E-state index contributed by atoms with van der Waals surface area (Å²) in [7, 11) is -1.76. The standard InChI is InChI=1S/C25H33ClN2O4S.ClH/c1-32-17-24(29)28(14-11-19-5-3-8-23(15-19)33(2,30)31)22-9-12-25(18-27,13-10-22)20-6-4-7-21(26)16-20;/h3-8,15-16,22H,9-14,17-18,27H2,1-2H3;1H/t22-,25+;. The number of nitrogens with zero attached hydrogens (tertiary/aromatic N) is 1. The van der Waals surface area contributed by atoms with Crippen LogP contribution in [0.5, 0.6) is 0 Å². The SMILES string of the molecule is COCC(=O)N(CCc1cccc(S(C)(=O)=O)c1)[C@H]1CC[C@@](CN)(c2cccc(Cl)c2)CC1.Cl. The number of halogens is 2. The zero-order chi connectivity index (χ0) is 24.1. The molecule has 0 aliphatic heterocycles. The number of nitrogens with two attached hydrogens (primary N) is 1. The van der Waals surface area contributed by atoms with Gasteiger partial charge in [0.1, 0.15) is 6.61 Å². The van der Waals surface area contributed by atoms with E-state index in [0.717, 1.165) is 36.8 Å². The van der Waals surface area contributed by atoms with E-state index in [1.54, 1.807) is 18.2 Å². The van der Waals surface area contributed by atoms with Gasteiger partial charge in [0.25, 0.3) is 0 Å². The largest absolute Gasteiger partial charge is 0.375 e. The lowest BCUT2D eigenvalue weighted by Gasteiger charge is -2.43. The summed E-state index contributed by atoms with van der Waals surface area (Å²) in [5.41, 5.74) is 8.15. The summed E-state index contributed by atoms with van der Waals surface area (Å²) < 4.78 is 28.9. The van der Waals surface area contributed by atoms with Crippen LogP contribution in [0.3, 0.4) is 0 Å². The van der Waals surface area contributed by atoms with Gasteiger partial charge in [0.15, 0.2) is 9.84 Å². The average Bonchev–Trinajstić information content (AvgIpc) is 2.79. The van der Waals surface area contributed by atoms with Crippen molar-refractivity contribution in [2.24, 2.45) is 5.73 Å². The highest BCUT2D eigenvalue weighted by Crippen LogP contribution is 2.41. The molecule has 0 heterocycles. The summed E-state index contributed by atoms with van der Waals surface area (Å²) in [5.74, 6) is -0.0511. The van der Waals surface area contributed by atoms with E-state index in [1.165, 1.54) is 13.4 Å². The van der Waals surface area contributed by atoms with E-state index < -0.39 is 9.84 Å². The molecule has 0 unspecified atom stereocenters. The van der Waals surface area contributed by atoms with E-state index in [2.05, 4.69) is 6.07 Å². The second kappa shape index (κ2) is 12.4. The summed E-state index contributed by atoms with van der Waals surface area (Å²) in [6.07, 6.45) is 5.19.